The second-order valence-electron chi connectivity index (χ2n) is 5.46. The van der Waals surface area contributed by atoms with Crippen molar-refractivity contribution >= 4 is 5.91 Å². The maximum atomic E-state index is 11.7. The molecule has 2 rings (SSSR count). The van der Waals surface area contributed by atoms with Crippen LogP contribution in [0.4, 0.5) is 0 Å². The van der Waals surface area contributed by atoms with Gasteiger partial charge in [-0.3, -0.25) is 4.79 Å². The second kappa shape index (κ2) is 6.71. The Morgan fingerprint density at radius 2 is 2.00 bits per heavy atom. The first-order chi connectivity index (χ1) is 9.20. The van der Waals surface area contributed by atoms with Crippen LogP contribution >= 0.6 is 0 Å². The molecule has 1 fully saturated rings. The molecule has 0 bridgehead atoms. The quantitative estimate of drug-likeness (QED) is 0.791. The molecule has 3 heteroatoms. The van der Waals surface area contributed by atoms with Gasteiger partial charge in [0.1, 0.15) is 0 Å². The fourth-order valence-corrected chi connectivity index (χ4v) is 2.29. The van der Waals surface area contributed by atoms with Gasteiger partial charge < -0.3 is 10.6 Å². The first-order valence-corrected chi connectivity index (χ1v) is 7.27. The standard InChI is InChI=1S/C16H24N2O/c1-3-10-17-15(19)11-18-16(14-8-9-14)13-6-4-12(2)5-7-13/h4-7,14,16,18H,3,8-11H2,1-2H3,(H,17,19). The number of nitrogens with one attached hydrogen (secondary N) is 2. The molecule has 1 unspecified atom stereocenters. The molecule has 0 spiro atoms. The molecule has 0 saturated heterocycles. The van der Waals surface area contributed by atoms with Gasteiger partial charge in [-0.05, 0) is 37.7 Å². The van der Waals surface area contributed by atoms with Crippen LogP contribution in [0, 0.1) is 12.8 Å². The van der Waals surface area contributed by atoms with Gasteiger partial charge in [0.25, 0.3) is 0 Å². The van der Waals surface area contributed by atoms with Crippen LogP contribution in [0.15, 0.2) is 24.3 Å². The SMILES string of the molecule is CCCNC(=O)CNC(c1ccc(C)cc1)C1CC1. The van der Waals surface area contributed by atoms with E-state index in [9.17, 15) is 4.79 Å². The summed E-state index contributed by atoms with van der Waals surface area (Å²) in [5.74, 6) is 0.793. The van der Waals surface area contributed by atoms with Crippen molar-refractivity contribution in [2.75, 3.05) is 13.1 Å². The minimum Gasteiger partial charge on any atom is -0.355 e. The lowest BCUT2D eigenvalue weighted by atomic mass is 10.0. The number of aryl methyl sites for hydroxylation is 1. The van der Waals surface area contributed by atoms with Gasteiger partial charge in [0.15, 0.2) is 0 Å². The van der Waals surface area contributed by atoms with E-state index in [0.717, 1.165) is 13.0 Å². The molecule has 1 aliphatic rings. The van der Waals surface area contributed by atoms with Gasteiger partial charge in [0, 0.05) is 12.6 Å². The lowest BCUT2D eigenvalue weighted by Gasteiger charge is -2.18. The van der Waals surface area contributed by atoms with E-state index in [-0.39, 0.29) is 5.91 Å². The van der Waals surface area contributed by atoms with E-state index in [0.29, 0.717) is 18.5 Å². The average molecular weight is 260 g/mol. The average Bonchev–Trinajstić information content (AvgIpc) is 3.23. The molecular weight excluding hydrogens is 236 g/mol. The summed E-state index contributed by atoms with van der Waals surface area (Å²) >= 11 is 0. The summed E-state index contributed by atoms with van der Waals surface area (Å²) in [4.78, 5) is 11.7. The Hall–Kier alpha value is -1.35. The third kappa shape index (κ3) is 4.35. The zero-order chi connectivity index (χ0) is 13.7. The molecule has 0 aliphatic heterocycles. The predicted octanol–water partition coefficient (Wildman–Crippen LogP) is 2.56. The van der Waals surface area contributed by atoms with Crippen molar-refractivity contribution in [3.05, 3.63) is 35.4 Å². The van der Waals surface area contributed by atoms with Gasteiger partial charge in [0.2, 0.25) is 5.91 Å². The van der Waals surface area contributed by atoms with Crippen LogP contribution in [0.5, 0.6) is 0 Å². The molecule has 1 aromatic carbocycles. The number of carbonyl (C=O) groups is 1. The van der Waals surface area contributed by atoms with Crippen molar-refractivity contribution in [3.63, 3.8) is 0 Å². The third-order valence-corrected chi connectivity index (χ3v) is 3.58. The Bertz CT molecular complexity index is 409. The molecule has 19 heavy (non-hydrogen) atoms. The van der Waals surface area contributed by atoms with E-state index >= 15 is 0 Å². The van der Waals surface area contributed by atoms with Crippen molar-refractivity contribution in [1.82, 2.24) is 10.6 Å². The Kier molecular flexibility index (Phi) is 4.97. The van der Waals surface area contributed by atoms with Crippen molar-refractivity contribution in [2.45, 2.75) is 39.2 Å². The van der Waals surface area contributed by atoms with Crippen LogP contribution in [0.2, 0.25) is 0 Å². The highest BCUT2D eigenvalue weighted by atomic mass is 16.1. The Morgan fingerprint density at radius 3 is 2.58 bits per heavy atom. The van der Waals surface area contributed by atoms with Gasteiger partial charge >= 0.3 is 0 Å². The molecule has 1 amide bonds. The minimum absolute atomic E-state index is 0.0969. The second-order valence-corrected chi connectivity index (χ2v) is 5.46. The number of amides is 1. The third-order valence-electron chi connectivity index (χ3n) is 3.58. The summed E-state index contributed by atoms with van der Waals surface area (Å²) in [7, 11) is 0. The first kappa shape index (κ1) is 14.1. The van der Waals surface area contributed by atoms with Crippen LogP contribution < -0.4 is 10.6 Å². The van der Waals surface area contributed by atoms with Gasteiger partial charge in [0.05, 0.1) is 6.54 Å². The molecule has 1 saturated carbocycles. The van der Waals surface area contributed by atoms with E-state index in [2.05, 4.69) is 48.7 Å². The summed E-state index contributed by atoms with van der Waals surface area (Å²) < 4.78 is 0. The lowest BCUT2D eigenvalue weighted by Crippen LogP contribution is -2.36. The number of rotatable bonds is 7. The maximum Gasteiger partial charge on any atom is 0.233 e. The number of carbonyl (C=O) groups excluding carboxylic acids is 1. The van der Waals surface area contributed by atoms with E-state index in [1.54, 1.807) is 0 Å². The van der Waals surface area contributed by atoms with Gasteiger partial charge in [-0.25, -0.2) is 0 Å². The normalized spacial score (nSPS) is 16.1. The Balaban J connectivity index is 1.90. The molecular formula is C16H24N2O. The summed E-state index contributed by atoms with van der Waals surface area (Å²) in [6, 6.07) is 8.96. The fraction of sp³-hybridized carbons (Fsp3) is 0.562. The highest BCUT2D eigenvalue weighted by molar-refractivity contribution is 5.78. The van der Waals surface area contributed by atoms with Gasteiger partial charge in [-0.2, -0.15) is 0 Å². The molecule has 1 atom stereocenters. The minimum atomic E-state index is 0.0969. The van der Waals surface area contributed by atoms with Crippen LogP contribution in [0.3, 0.4) is 0 Å². The van der Waals surface area contributed by atoms with Crippen molar-refractivity contribution in [2.24, 2.45) is 5.92 Å². The molecule has 3 nitrogen and oxygen atoms in total. The Labute approximate surface area is 115 Å². The zero-order valence-corrected chi connectivity index (χ0v) is 11.9. The van der Waals surface area contributed by atoms with Crippen LogP contribution in [0.25, 0.3) is 0 Å². The van der Waals surface area contributed by atoms with E-state index in [1.807, 2.05) is 0 Å². The lowest BCUT2D eigenvalue weighted by molar-refractivity contribution is -0.120. The topological polar surface area (TPSA) is 41.1 Å². The molecule has 2 N–H and O–H groups in total. The zero-order valence-electron chi connectivity index (χ0n) is 11.9. The summed E-state index contributed by atoms with van der Waals surface area (Å²) in [6.07, 6.45) is 3.51. The fourth-order valence-electron chi connectivity index (χ4n) is 2.29. The maximum absolute atomic E-state index is 11.7. The largest absolute Gasteiger partial charge is 0.355 e. The predicted molar refractivity (Wildman–Crippen MR) is 77.9 cm³/mol. The monoisotopic (exact) mass is 260 g/mol. The van der Waals surface area contributed by atoms with Crippen molar-refractivity contribution in [3.8, 4) is 0 Å². The van der Waals surface area contributed by atoms with E-state index < -0.39 is 0 Å². The van der Waals surface area contributed by atoms with Crippen LogP contribution in [-0.4, -0.2) is 19.0 Å². The van der Waals surface area contributed by atoms with Gasteiger partial charge in [-0.1, -0.05) is 36.8 Å². The van der Waals surface area contributed by atoms with E-state index in [4.69, 9.17) is 0 Å². The van der Waals surface area contributed by atoms with Crippen LogP contribution in [-0.2, 0) is 4.79 Å². The number of hydrogen-bond donors (Lipinski definition) is 2. The van der Waals surface area contributed by atoms with Crippen molar-refractivity contribution < 1.29 is 4.79 Å². The summed E-state index contributed by atoms with van der Waals surface area (Å²) in [5, 5.41) is 6.32. The van der Waals surface area contributed by atoms with Gasteiger partial charge in [-0.15, -0.1) is 0 Å². The van der Waals surface area contributed by atoms with Crippen LogP contribution in [0.1, 0.15) is 43.4 Å². The highest BCUT2D eigenvalue weighted by Gasteiger charge is 2.32. The molecule has 1 aliphatic carbocycles. The van der Waals surface area contributed by atoms with Crippen molar-refractivity contribution in [1.29, 1.82) is 0 Å². The molecule has 104 valence electrons. The summed E-state index contributed by atoms with van der Waals surface area (Å²) in [5.41, 5.74) is 2.58. The first-order valence-electron chi connectivity index (χ1n) is 7.27. The highest BCUT2D eigenvalue weighted by Crippen LogP contribution is 2.40. The molecule has 0 radical (unpaired) electrons. The summed E-state index contributed by atoms with van der Waals surface area (Å²) in [6.45, 7) is 5.34. The number of benzene rings is 1. The smallest absolute Gasteiger partial charge is 0.233 e. The molecule has 0 heterocycles. The Morgan fingerprint density at radius 1 is 1.32 bits per heavy atom. The van der Waals surface area contributed by atoms with E-state index in [1.165, 1.54) is 24.0 Å². The number of hydrogen-bond acceptors (Lipinski definition) is 2. The molecule has 0 aromatic heterocycles. The molecule has 1 aromatic rings.